The number of nitrogens with one attached hydrogen (secondary N) is 1. The van der Waals surface area contributed by atoms with Crippen molar-refractivity contribution in [3.8, 4) is 6.07 Å². The maximum atomic E-state index is 13.7. The van der Waals surface area contributed by atoms with Gasteiger partial charge in [-0.1, -0.05) is 12.1 Å². The smallest absolute Gasteiger partial charge is 0.321 e. The van der Waals surface area contributed by atoms with Gasteiger partial charge in [-0.3, -0.25) is 0 Å². The molecule has 0 aromatic heterocycles. The fourth-order valence-corrected chi connectivity index (χ4v) is 5.83. The first-order chi connectivity index (χ1) is 16.5. The molecule has 2 amide bonds. The molecule has 7 heteroatoms. The maximum absolute atomic E-state index is 13.7. The summed E-state index contributed by atoms with van der Waals surface area (Å²) >= 11 is 0. The van der Waals surface area contributed by atoms with Crippen molar-refractivity contribution >= 4 is 11.7 Å². The van der Waals surface area contributed by atoms with Gasteiger partial charge in [-0.15, -0.1) is 0 Å². The molecule has 1 N–H and O–H groups in total. The second kappa shape index (κ2) is 9.34. The molecule has 1 aliphatic heterocycles. The number of carbonyl (C=O) groups is 1. The Balaban J connectivity index is 1.27. The summed E-state index contributed by atoms with van der Waals surface area (Å²) in [6.45, 7) is 3.85. The van der Waals surface area contributed by atoms with Gasteiger partial charge in [0.05, 0.1) is 11.6 Å². The molecule has 2 saturated carbocycles. The van der Waals surface area contributed by atoms with Gasteiger partial charge >= 0.3 is 6.03 Å². The molecule has 3 atom stereocenters. The number of benzene rings is 2. The summed E-state index contributed by atoms with van der Waals surface area (Å²) in [5, 5.41) is 12.1. The summed E-state index contributed by atoms with van der Waals surface area (Å²) in [5.74, 6) is -1.40. The zero-order valence-corrected chi connectivity index (χ0v) is 19.3. The van der Waals surface area contributed by atoms with Crippen LogP contribution >= 0.6 is 0 Å². The average molecular weight is 465 g/mol. The minimum absolute atomic E-state index is 0.112. The Morgan fingerprint density at radius 1 is 1.21 bits per heavy atom. The number of urea groups is 1. The van der Waals surface area contributed by atoms with E-state index in [9.17, 15) is 18.8 Å². The van der Waals surface area contributed by atoms with E-state index in [1.165, 1.54) is 18.1 Å². The van der Waals surface area contributed by atoms with Crippen LogP contribution in [0.1, 0.15) is 49.7 Å². The van der Waals surface area contributed by atoms with Crippen LogP contribution in [0.15, 0.2) is 42.5 Å². The second-order valence-corrected chi connectivity index (χ2v) is 9.98. The number of nitriles is 1. The van der Waals surface area contributed by atoms with Crippen molar-refractivity contribution in [3.63, 3.8) is 0 Å². The summed E-state index contributed by atoms with van der Waals surface area (Å²) in [6, 6.07) is 13.5. The second-order valence-electron chi connectivity index (χ2n) is 9.98. The number of halogens is 2. The summed E-state index contributed by atoms with van der Waals surface area (Å²) in [6.07, 6.45) is 6.01. The van der Waals surface area contributed by atoms with Gasteiger partial charge in [-0.2, -0.15) is 5.26 Å². The number of nitrogens with zero attached hydrogens (tertiary/aromatic N) is 3. The average Bonchev–Trinajstić information content (AvgIpc) is 3.55. The third-order valence-electron chi connectivity index (χ3n) is 7.97. The monoisotopic (exact) mass is 464 g/mol. The van der Waals surface area contributed by atoms with Gasteiger partial charge < -0.3 is 15.1 Å². The minimum atomic E-state index is -0.970. The van der Waals surface area contributed by atoms with E-state index in [1.807, 2.05) is 23.1 Å². The third-order valence-corrected chi connectivity index (χ3v) is 7.97. The largest absolute Gasteiger partial charge is 0.322 e. The van der Waals surface area contributed by atoms with Crippen molar-refractivity contribution in [1.29, 1.82) is 5.26 Å². The van der Waals surface area contributed by atoms with E-state index in [4.69, 9.17) is 0 Å². The summed E-state index contributed by atoms with van der Waals surface area (Å²) in [5.41, 5.74) is 2.33. The van der Waals surface area contributed by atoms with Crippen LogP contribution in [0.5, 0.6) is 0 Å². The topological polar surface area (TPSA) is 59.4 Å². The van der Waals surface area contributed by atoms with Crippen molar-refractivity contribution in [2.45, 2.75) is 50.0 Å². The van der Waals surface area contributed by atoms with Gasteiger partial charge in [0.1, 0.15) is 0 Å². The van der Waals surface area contributed by atoms with E-state index >= 15 is 0 Å². The molecule has 5 nitrogen and oxygen atoms in total. The number of hydrogen-bond acceptors (Lipinski definition) is 3. The van der Waals surface area contributed by atoms with E-state index in [0.29, 0.717) is 18.0 Å². The Hall–Kier alpha value is -2.98. The standard InChI is InChI=1S/C27H30F2N4O/c28-24-7-6-22(16-25(24)29)31-26(34)33(13-3-12-32-10-2-11-32)23-8-9-27(17-21(27)15-23)20-5-1-4-19(14-20)18-30/h1,4-7,14,16,21,23H,2-3,8-13,15,17H2,(H,31,34)/t21?,23-,27+/m1/s1. The van der Waals surface area contributed by atoms with E-state index in [0.717, 1.165) is 63.9 Å². The Morgan fingerprint density at radius 2 is 2.06 bits per heavy atom. The van der Waals surface area contributed by atoms with Crippen LogP contribution in [0.4, 0.5) is 19.3 Å². The fourth-order valence-electron chi connectivity index (χ4n) is 5.83. The Morgan fingerprint density at radius 3 is 2.76 bits per heavy atom. The van der Waals surface area contributed by atoms with Crippen LogP contribution in [0.25, 0.3) is 0 Å². The quantitative estimate of drug-likeness (QED) is 0.607. The SMILES string of the molecule is N#Cc1cccc([C@@]23CC[C@@H](N(CCCN4CCC4)C(=O)Nc4ccc(F)c(F)c4)CC2C3)c1. The highest BCUT2D eigenvalue weighted by Gasteiger charge is 2.58. The van der Waals surface area contributed by atoms with Crippen molar-refractivity contribution in [3.05, 3.63) is 65.2 Å². The molecular weight excluding hydrogens is 434 g/mol. The van der Waals surface area contributed by atoms with Gasteiger partial charge in [0, 0.05) is 24.3 Å². The number of likely N-dealkylation sites (tertiary alicyclic amines) is 1. The highest BCUT2D eigenvalue weighted by atomic mass is 19.2. The molecule has 0 spiro atoms. The number of carbonyl (C=O) groups excluding carboxylic acids is 1. The number of rotatable bonds is 7. The zero-order chi connectivity index (χ0) is 23.7. The number of anilines is 1. The highest BCUT2D eigenvalue weighted by molar-refractivity contribution is 5.89. The molecule has 1 unspecified atom stereocenters. The van der Waals surface area contributed by atoms with E-state index in [-0.39, 0.29) is 23.2 Å². The van der Waals surface area contributed by atoms with Crippen molar-refractivity contribution in [1.82, 2.24) is 9.80 Å². The molecule has 1 saturated heterocycles. The molecule has 1 heterocycles. The predicted molar refractivity (Wildman–Crippen MR) is 126 cm³/mol. The first-order valence-corrected chi connectivity index (χ1v) is 12.2. The molecule has 178 valence electrons. The predicted octanol–water partition coefficient (Wildman–Crippen LogP) is 5.28. The highest BCUT2D eigenvalue weighted by Crippen LogP contribution is 2.62. The van der Waals surface area contributed by atoms with E-state index in [1.54, 1.807) is 0 Å². The Bertz CT molecular complexity index is 1110. The summed E-state index contributed by atoms with van der Waals surface area (Å²) in [4.78, 5) is 17.6. The molecule has 3 aliphatic rings. The molecule has 0 radical (unpaired) electrons. The van der Waals surface area contributed by atoms with Crippen molar-refractivity contribution < 1.29 is 13.6 Å². The number of amides is 2. The number of fused-ring (bicyclic) bond motifs is 1. The van der Waals surface area contributed by atoms with Gasteiger partial charge in [0.25, 0.3) is 0 Å². The zero-order valence-electron chi connectivity index (χ0n) is 19.3. The summed E-state index contributed by atoms with van der Waals surface area (Å²) in [7, 11) is 0. The Kier molecular flexibility index (Phi) is 6.26. The van der Waals surface area contributed by atoms with Gasteiger partial charge in [-0.05, 0) is 99.3 Å². The third kappa shape index (κ3) is 4.52. The van der Waals surface area contributed by atoms with Gasteiger partial charge in [-0.25, -0.2) is 13.6 Å². The molecule has 5 rings (SSSR count). The lowest BCUT2D eigenvalue weighted by Crippen LogP contribution is -2.47. The molecule has 2 aromatic rings. The van der Waals surface area contributed by atoms with Gasteiger partial charge in [0.15, 0.2) is 11.6 Å². The first-order valence-electron chi connectivity index (χ1n) is 12.2. The molecular formula is C27H30F2N4O. The van der Waals surface area contributed by atoms with Crippen LogP contribution in [-0.2, 0) is 5.41 Å². The lowest BCUT2D eigenvalue weighted by molar-refractivity contribution is 0.141. The van der Waals surface area contributed by atoms with Crippen LogP contribution < -0.4 is 5.32 Å². The first kappa shape index (κ1) is 22.8. The van der Waals surface area contributed by atoms with Crippen molar-refractivity contribution in [2.24, 2.45) is 5.92 Å². The number of hydrogen-bond donors (Lipinski definition) is 1. The normalized spacial score (nSPS) is 25.6. The fraction of sp³-hybridized carbons (Fsp3) is 0.481. The lowest BCUT2D eigenvalue weighted by Gasteiger charge is -2.38. The maximum Gasteiger partial charge on any atom is 0.322 e. The Labute approximate surface area is 199 Å². The molecule has 2 aliphatic carbocycles. The lowest BCUT2D eigenvalue weighted by atomic mass is 9.80. The van der Waals surface area contributed by atoms with Gasteiger partial charge in [0.2, 0.25) is 0 Å². The molecule has 3 fully saturated rings. The van der Waals surface area contributed by atoms with Crippen LogP contribution in [-0.4, -0.2) is 48.1 Å². The van der Waals surface area contributed by atoms with Crippen LogP contribution in [0, 0.1) is 28.9 Å². The molecule has 0 bridgehead atoms. The molecule has 2 aromatic carbocycles. The van der Waals surface area contributed by atoms with E-state index in [2.05, 4.69) is 22.4 Å². The van der Waals surface area contributed by atoms with E-state index < -0.39 is 11.6 Å². The molecule has 34 heavy (non-hydrogen) atoms. The van der Waals surface area contributed by atoms with Crippen molar-refractivity contribution in [2.75, 3.05) is 31.5 Å². The minimum Gasteiger partial charge on any atom is -0.321 e. The summed E-state index contributed by atoms with van der Waals surface area (Å²) < 4.78 is 27.0. The van der Waals surface area contributed by atoms with Crippen LogP contribution in [0.3, 0.4) is 0 Å². The van der Waals surface area contributed by atoms with Crippen LogP contribution in [0.2, 0.25) is 0 Å².